The van der Waals surface area contributed by atoms with Crippen molar-refractivity contribution in [3.05, 3.63) is 17.6 Å². The van der Waals surface area contributed by atoms with Crippen molar-refractivity contribution in [3.63, 3.8) is 0 Å². The van der Waals surface area contributed by atoms with E-state index in [1.165, 1.54) is 24.7 Å². The summed E-state index contributed by atoms with van der Waals surface area (Å²) in [7, 11) is -2.98. The van der Waals surface area contributed by atoms with Gasteiger partial charge in [0.2, 0.25) is 0 Å². The van der Waals surface area contributed by atoms with Crippen LogP contribution < -0.4 is 5.32 Å². The molecule has 19 heavy (non-hydrogen) atoms. The number of nitrogens with zero attached hydrogens (tertiary/aromatic N) is 2. The molecule has 0 saturated heterocycles. The van der Waals surface area contributed by atoms with Gasteiger partial charge >= 0.3 is 0 Å². The molecule has 0 aromatic carbocycles. The van der Waals surface area contributed by atoms with Gasteiger partial charge in [0.05, 0.1) is 5.75 Å². The van der Waals surface area contributed by atoms with E-state index in [0.29, 0.717) is 0 Å². The van der Waals surface area contributed by atoms with Gasteiger partial charge in [-0.15, -0.1) is 0 Å². The Kier molecular flexibility index (Phi) is 4.39. The van der Waals surface area contributed by atoms with Crippen molar-refractivity contribution in [2.24, 2.45) is 0 Å². The minimum atomic E-state index is -2.98. The van der Waals surface area contributed by atoms with E-state index in [9.17, 15) is 8.42 Å². The minimum absolute atomic E-state index is 0.117. The van der Waals surface area contributed by atoms with E-state index in [4.69, 9.17) is 0 Å². The van der Waals surface area contributed by atoms with Crippen molar-refractivity contribution in [3.8, 4) is 0 Å². The predicted octanol–water partition coefficient (Wildman–Crippen LogP) is 1.59. The number of aromatic nitrogens is 2. The van der Waals surface area contributed by atoms with Crippen molar-refractivity contribution < 1.29 is 8.42 Å². The summed E-state index contributed by atoms with van der Waals surface area (Å²) in [5.41, 5.74) is 2.28. The van der Waals surface area contributed by atoms with Crippen LogP contribution in [-0.2, 0) is 22.7 Å². The molecule has 0 aliphatic heterocycles. The fourth-order valence-corrected chi connectivity index (χ4v) is 3.54. The summed E-state index contributed by atoms with van der Waals surface area (Å²) in [6.45, 7) is 1.87. The fourth-order valence-electron chi connectivity index (χ4n) is 2.55. The average Bonchev–Trinajstić information content (AvgIpc) is 2.52. The number of rotatable bonds is 4. The van der Waals surface area contributed by atoms with Gasteiger partial charge < -0.3 is 5.32 Å². The molecule has 0 fully saturated rings. The van der Waals surface area contributed by atoms with Gasteiger partial charge in [-0.2, -0.15) is 0 Å². The fraction of sp³-hybridized carbons (Fsp3) is 0.692. The van der Waals surface area contributed by atoms with E-state index in [-0.39, 0.29) is 11.8 Å². The summed E-state index contributed by atoms with van der Waals surface area (Å²) >= 11 is 0. The van der Waals surface area contributed by atoms with Crippen molar-refractivity contribution in [1.82, 2.24) is 9.97 Å². The highest BCUT2D eigenvalue weighted by Gasteiger charge is 2.17. The Morgan fingerprint density at radius 3 is 2.74 bits per heavy atom. The normalized spacial score (nSPS) is 17.4. The molecular formula is C13H21N3O2S. The maximum atomic E-state index is 11.3. The molecule has 0 saturated carbocycles. The Morgan fingerprint density at radius 2 is 2.00 bits per heavy atom. The van der Waals surface area contributed by atoms with Crippen LogP contribution in [0.3, 0.4) is 0 Å². The highest BCUT2D eigenvalue weighted by Crippen LogP contribution is 2.24. The van der Waals surface area contributed by atoms with E-state index in [1.54, 1.807) is 6.33 Å². The lowest BCUT2D eigenvalue weighted by atomic mass is 10.1. The van der Waals surface area contributed by atoms with Crippen LogP contribution >= 0.6 is 0 Å². The first kappa shape index (κ1) is 14.2. The van der Waals surface area contributed by atoms with Gasteiger partial charge in [0.15, 0.2) is 0 Å². The molecule has 6 heteroatoms. The van der Waals surface area contributed by atoms with Crippen LogP contribution in [0.5, 0.6) is 0 Å². The summed E-state index contributed by atoms with van der Waals surface area (Å²) in [6, 6.07) is -0.141. The van der Waals surface area contributed by atoms with Crippen LogP contribution in [0, 0.1) is 0 Å². The van der Waals surface area contributed by atoms with E-state index in [1.807, 2.05) is 6.92 Å². The van der Waals surface area contributed by atoms with Crippen molar-refractivity contribution in [1.29, 1.82) is 0 Å². The van der Waals surface area contributed by atoms with Gasteiger partial charge in [0.1, 0.15) is 22.0 Å². The minimum Gasteiger partial charge on any atom is -0.366 e. The highest BCUT2D eigenvalue weighted by molar-refractivity contribution is 7.90. The zero-order valence-corrected chi connectivity index (χ0v) is 12.3. The first-order chi connectivity index (χ1) is 8.96. The lowest BCUT2D eigenvalue weighted by Gasteiger charge is -2.17. The number of fused-ring (bicyclic) bond motifs is 1. The van der Waals surface area contributed by atoms with Crippen LogP contribution in [0.4, 0.5) is 5.82 Å². The summed E-state index contributed by atoms with van der Waals surface area (Å²) < 4.78 is 22.6. The zero-order chi connectivity index (χ0) is 13.9. The number of hydrogen-bond donors (Lipinski definition) is 1. The molecule has 0 amide bonds. The molecule has 0 spiro atoms. The number of anilines is 1. The van der Waals surface area contributed by atoms with Gasteiger partial charge in [-0.1, -0.05) is 6.42 Å². The molecule has 0 radical (unpaired) electrons. The largest absolute Gasteiger partial charge is 0.366 e. The van der Waals surface area contributed by atoms with Crippen LogP contribution in [0.15, 0.2) is 6.33 Å². The molecule has 1 aromatic heterocycles. The third-order valence-electron chi connectivity index (χ3n) is 3.31. The SMILES string of the molecule is CC(CS(C)(=O)=O)Nc1ncnc2c1CCCCC2. The Balaban J connectivity index is 2.16. The van der Waals surface area contributed by atoms with E-state index >= 15 is 0 Å². The topological polar surface area (TPSA) is 72.0 Å². The van der Waals surface area contributed by atoms with E-state index in [2.05, 4.69) is 15.3 Å². The summed E-state index contributed by atoms with van der Waals surface area (Å²) in [5.74, 6) is 0.925. The molecule has 1 aliphatic rings. The van der Waals surface area contributed by atoms with Gasteiger partial charge in [-0.25, -0.2) is 18.4 Å². The number of aryl methyl sites for hydroxylation is 1. The second-order valence-corrected chi connectivity index (χ2v) is 7.53. The van der Waals surface area contributed by atoms with Gasteiger partial charge in [0.25, 0.3) is 0 Å². The Bertz CT molecular complexity index is 543. The third-order valence-corrected chi connectivity index (χ3v) is 4.42. The quantitative estimate of drug-likeness (QED) is 0.850. The molecule has 1 N–H and O–H groups in total. The number of hydrogen-bond acceptors (Lipinski definition) is 5. The van der Waals surface area contributed by atoms with Crippen molar-refractivity contribution in [2.75, 3.05) is 17.3 Å². The van der Waals surface area contributed by atoms with Crippen molar-refractivity contribution in [2.45, 2.75) is 45.1 Å². The number of sulfone groups is 1. The predicted molar refractivity (Wildman–Crippen MR) is 76.1 cm³/mol. The van der Waals surface area contributed by atoms with Gasteiger partial charge in [0, 0.05) is 23.6 Å². The third kappa shape index (κ3) is 4.16. The van der Waals surface area contributed by atoms with E-state index in [0.717, 1.165) is 30.8 Å². The van der Waals surface area contributed by atoms with Gasteiger partial charge in [-0.05, 0) is 32.6 Å². The molecule has 106 valence electrons. The molecule has 5 nitrogen and oxygen atoms in total. The molecule has 2 rings (SSSR count). The second kappa shape index (κ2) is 5.86. The maximum Gasteiger partial charge on any atom is 0.149 e. The van der Waals surface area contributed by atoms with Crippen molar-refractivity contribution >= 4 is 15.7 Å². The summed E-state index contributed by atoms with van der Waals surface area (Å²) in [5, 5.41) is 3.22. The first-order valence-corrected chi connectivity index (χ1v) is 8.79. The Hall–Kier alpha value is -1.17. The standard InChI is InChI=1S/C13H21N3O2S/c1-10(8-19(2,17)18)16-13-11-6-4-3-5-7-12(11)14-9-15-13/h9-10H,3-8H2,1-2H3,(H,14,15,16). The smallest absolute Gasteiger partial charge is 0.149 e. The molecule has 0 bridgehead atoms. The zero-order valence-electron chi connectivity index (χ0n) is 11.5. The second-order valence-electron chi connectivity index (χ2n) is 5.35. The van der Waals surface area contributed by atoms with E-state index < -0.39 is 9.84 Å². The van der Waals surface area contributed by atoms with Crippen LogP contribution in [0.25, 0.3) is 0 Å². The summed E-state index contributed by atoms with van der Waals surface area (Å²) in [4.78, 5) is 8.64. The highest BCUT2D eigenvalue weighted by atomic mass is 32.2. The molecule has 1 aromatic rings. The van der Waals surface area contributed by atoms with Crippen LogP contribution in [-0.4, -0.2) is 36.4 Å². The monoisotopic (exact) mass is 283 g/mol. The Morgan fingerprint density at radius 1 is 1.26 bits per heavy atom. The molecule has 1 unspecified atom stereocenters. The molecule has 1 atom stereocenters. The molecule has 1 aliphatic carbocycles. The number of nitrogens with one attached hydrogen (secondary N) is 1. The maximum absolute atomic E-state index is 11.3. The lowest BCUT2D eigenvalue weighted by Crippen LogP contribution is -2.26. The Labute approximate surface area is 114 Å². The lowest BCUT2D eigenvalue weighted by molar-refractivity contribution is 0.598. The van der Waals surface area contributed by atoms with Gasteiger partial charge in [-0.3, -0.25) is 0 Å². The van der Waals surface area contributed by atoms with Crippen LogP contribution in [0.2, 0.25) is 0 Å². The molecular weight excluding hydrogens is 262 g/mol. The van der Waals surface area contributed by atoms with Crippen LogP contribution in [0.1, 0.15) is 37.4 Å². The average molecular weight is 283 g/mol. The first-order valence-electron chi connectivity index (χ1n) is 6.73. The summed E-state index contributed by atoms with van der Waals surface area (Å²) in [6.07, 6.45) is 8.33. The molecule has 1 heterocycles.